The number of hydrogen-bond donors (Lipinski definition) is 6. The van der Waals surface area contributed by atoms with Gasteiger partial charge in [0.2, 0.25) is 0 Å². The van der Waals surface area contributed by atoms with Gasteiger partial charge in [-0.3, -0.25) is 15.0 Å². The molecule has 3 aromatic rings. The van der Waals surface area contributed by atoms with Gasteiger partial charge in [0.25, 0.3) is 11.8 Å². The minimum atomic E-state index is -0.331. The van der Waals surface area contributed by atoms with E-state index >= 15 is 0 Å². The quantitative estimate of drug-likeness (QED) is 0.207. The summed E-state index contributed by atoms with van der Waals surface area (Å²) in [6, 6.07) is 17.2. The number of nitrogens with two attached hydrogens (primary N) is 3. The van der Waals surface area contributed by atoms with Crippen LogP contribution in [0.2, 0.25) is 0 Å². The van der Waals surface area contributed by atoms with Crippen LogP contribution < -0.4 is 27.8 Å². The Hall–Kier alpha value is -5.19. The van der Waals surface area contributed by atoms with E-state index in [2.05, 4.69) is 20.6 Å². The highest BCUT2D eigenvalue weighted by Gasteiger charge is 2.15. The Labute approximate surface area is 220 Å². The zero-order chi connectivity index (χ0) is 27.1. The number of amides is 2. The van der Waals surface area contributed by atoms with Crippen molar-refractivity contribution in [1.29, 1.82) is 5.41 Å². The van der Waals surface area contributed by atoms with Gasteiger partial charge < -0.3 is 32.7 Å². The third-order valence-electron chi connectivity index (χ3n) is 5.99. The third kappa shape index (κ3) is 6.72. The van der Waals surface area contributed by atoms with Gasteiger partial charge in [0, 0.05) is 36.1 Å². The average molecular weight is 512 g/mol. The lowest BCUT2D eigenvalue weighted by Gasteiger charge is -2.26. The molecular weight excluding hydrogens is 482 g/mol. The van der Waals surface area contributed by atoms with Gasteiger partial charge in [-0.1, -0.05) is 18.2 Å². The topological polar surface area (TPSA) is 189 Å². The summed E-state index contributed by atoms with van der Waals surface area (Å²) in [6.45, 7) is 1.63. The number of carbonyl (C=O) groups excluding carboxylic acids is 2. The van der Waals surface area contributed by atoms with E-state index in [1.54, 1.807) is 53.6 Å². The first kappa shape index (κ1) is 25.9. The summed E-state index contributed by atoms with van der Waals surface area (Å²) in [4.78, 5) is 35.4. The molecule has 1 aliphatic rings. The van der Waals surface area contributed by atoms with Gasteiger partial charge in [0.05, 0.1) is 6.54 Å². The molecule has 38 heavy (non-hydrogen) atoms. The van der Waals surface area contributed by atoms with E-state index in [1.165, 1.54) is 0 Å². The van der Waals surface area contributed by atoms with Crippen LogP contribution >= 0.6 is 0 Å². The first-order chi connectivity index (χ1) is 18.3. The molecule has 0 radical (unpaired) electrons. The van der Waals surface area contributed by atoms with E-state index in [0.717, 1.165) is 23.1 Å². The molecule has 0 aliphatic carbocycles. The summed E-state index contributed by atoms with van der Waals surface area (Å²) >= 11 is 0. The highest BCUT2D eigenvalue weighted by atomic mass is 16.2. The van der Waals surface area contributed by atoms with Crippen LogP contribution in [0.3, 0.4) is 0 Å². The zero-order valence-electron chi connectivity index (χ0n) is 20.6. The second kappa shape index (κ2) is 11.7. The Balaban J connectivity index is 1.31. The number of nitrogens with one attached hydrogen (secondary N) is 3. The Bertz CT molecular complexity index is 1380. The summed E-state index contributed by atoms with van der Waals surface area (Å²) in [5.41, 5.74) is 20.7. The fourth-order valence-corrected chi connectivity index (χ4v) is 3.85. The van der Waals surface area contributed by atoms with Crippen LogP contribution in [0.1, 0.15) is 38.3 Å². The van der Waals surface area contributed by atoms with E-state index in [4.69, 9.17) is 22.6 Å². The molecule has 2 amide bonds. The van der Waals surface area contributed by atoms with Crippen molar-refractivity contribution < 1.29 is 9.59 Å². The van der Waals surface area contributed by atoms with Gasteiger partial charge >= 0.3 is 0 Å². The third-order valence-corrected chi connectivity index (χ3v) is 5.99. The zero-order valence-corrected chi connectivity index (χ0v) is 20.6. The normalized spacial score (nSPS) is 12.7. The number of rotatable bonds is 7. The Morgan fingerprint density at radius 1 is 0.921 bits per heavy atom. The molecule has 194 valence electrons. The number of pyridine rings is 1. The van der Waals surface area contributed by atoms with Crippen molar-refractivity contribution in [3.05, 3.63) is 95.2 Å². The molecule has 2 aromatic carbocycles. The average Bonchev–Trinajstić information content (AvgIpc) is 2.93. The molecular formula is C27H29N9O2. The maximum Gasteiger partial charge on any atom is 0.256 e. The standard InChI is InChI=1S/C27H29N9O2/c28-26(29)33-15-17-1-8-22(9-2-17)34-24(37)19-3-5-20(6-4-19)25(38)35-23-10-7-21(16-32-23)18-11-13-36(14-12-18)27(30)31/h1-11,16H,12-15H2,(H3,30,31)(H,34,37)(H4,28,29,33)(H,32,35,38). The van der Waals surface area contributed by atoms with Crippen LogP contribution in [-0.2, 0) is 6.54 Å². The van der Waals surface area contributed by atoms with Gasteiger partial charge in [-0.15, -0.1) is 0 Å². The lowest BCUT2D eigenvalue weighted by Crippen LogP contribution is -2.39. The Morgan fingerprint density at radius 3 is 2.11 bits per heavy atom. The molecule has 11 heteroatoms. The van der Waals surface area contributed by atoms with Crippen molar-refractivity contribution in [3.63, 3.8) is 0 Å². The summed E-state index contributed by atoms with van der Waals surface area (Å²) in [5.74, 6) is -0.120. The lowest BCUT2D eigenvalue weighted by atomic mass is 10.0. The second-order valence-corrected chi connectivity index (χ2v) is 8.67. The molecule has 1 aliphatic heterocycles. The van der Waals surface area contributed by atoms with Crippen molar-refractivity contribution in [2.45, 2.75) is 13.0 Å². The first-order valence-corrected chi connectivity index (χ1v) is 11.9. The van der Waals surface area contributed by atoms with E-state index in [0.29, 0.717) is 42.3 Å². The van der Waals surface area contributed by atoms with Crippen molar-refractivity contribution >= 4 is 40.8 Å². The smallest absolute Gasteiger partial charge is 0.256 e. The van der Waals surface area contributed by atoms with Gasteiger partial charge in [-0.05, 0) is 71.7 Å². The maximum absolute atomic E-state index is 12.7. The Kier molecular flexibility index (Phi) is 7.97. The van der Waals surface area contributed by atoms with Crippen LogP contribution in [0.4, 0.5) is 11.5 Å². The number of aromatic nitrogens is 1. The van der Waals surface area contributed by atoms with Crippen molar-refractivity contribution in [2.24, 2.45) is 22.2 Å². The second-order valence-electron chi connectivity index (χ2n) is 8.67. The molecule has 1 aromatic heterocycles. The first-order valence-electron chi connectivity index (χ1n) is 11.9. The SMILES string of the molecule is N=C(N)N1CC=C(c2ccc(NC(=O)c3ccc(C(=O)Nc4ccc(CN=C(N)N)cc4)cc3)nc2)CC1. The number of nitrogens with zero attached hydrogens (tertiary/aromatic N) is 3. The predicted molar refractivity (Wildman–Crippen MR) is 149 cm³/mol. The molecule has 0 atom stereocenters. The van der Waals surface area contributed by atoms with Gasteiger partial charge in [-0.2, -0.15) is 0 Å². The molecule has 2 heterocycles. The number of anilines is 2. The van der Waals surface area contributed by atoms with Gasteiger partial charge in [0.15, 0.2) is 11.9 Å². The van der Waals surface area contributed by atoms with Gasteiger partial charge in [-0.25, -0.2) is 9.98 Å². The fourth-order valence-electron chi connectivity index (χ4n) is 3.85. The number of carbonyl (C=O) groups is 2. The minimum absolute atomic E-state index is 0.0189. The molecule has 0 saturated heterocycles. The molecule has 0 fully saturated rings. The fraction of sp³-hybridized carbons (Fsp3) is 0.148. The molecule has 0 unspecified atom stereocenters. The van der Waals surface area contributed by atoms with Crippen LogP contribution in [0.5, 0.6) is 0 Å². The largest absolute Gasteiger partial charge is 0.370 e. The van der Waals surface area contributed by atoms with Crippen LogP contribution in [0, 0.1) is 5.41 Å². The predicted octanol–water partition coefficient (Wildman–Crippen LogP) is 2.34. The number of hydrogen-bond acceptors (Lipinski definition) is 5. The van der Waals surface area contributed by atoms with E-state index in [1.807, 2.05) is 24.3 Å². The van der Waals surface area contributed by atoms with Crippen molar-refractivity contribution in [3.8, 4) is 0 Å². The van der Waals surface area contributed by atoms with Crippen molar-refractivity contribution in [2.75, 3.05) is 23.7 Å². The number of guanidine groups is 2. The number of benzene rings is 2. The van der Waals surface area contributed by atoms with Crippen molar-refractivity contribution in [1.82, 2.24) is 9.88 Å². The Morgan fingerprint density at radius 2 is 1.58 bits per heavy atom. The molecule has 0 saturated carbocycles. The summed E-state index contributed by atoms with van der Waals surface area (Å²) in [7, 11) is 0. The van der Waals surface area contributed by atoms with Crippen LogP contribution in [0.25, 0.3) is 5.57 Å². The molecule has 9 N–H and O–H groups in total. The summed E-state index contributed by atoms with van der Waals surface area (Å²) in [6.07, 6.45) is 4.51. The number of aliphatic imine (C=N–C) groups is 1. The summed E-state index contributed by atoms with van der Waals surface area (Å²) in [5, 5.41) is 13.1. The molecule has 4 rings (SSSR count). The lowest BCUT2D eigenvalue weighted by molar-refractivity contribution is 0.101. The molecule has 0 bridgehead atoms. The molecule has 0 spiro atoms. The maximum atomic E-state index is 12.7. The van der Waals surface area contributed by atoms with E-state index < -0.39 is 0 Å². The van der Waals surface area contributed by atoms with E-state index in [9.17, 15) is 9.59 Å². The van der Waals surface area contributed by atoms with Crippen LogP contribution in [0.15, 0.2) is 77.9 Å². The van der Waals surface area contributed by atoms with Gasteiger partial charge in [0.1, 0.15) is 5.82 Å². The minimum Gasteiger partial charge on any atom is -0.370 e. The van der Waals surface area contributed by atoms with Crippen LogP contribution in [-0.4, -0.2) is 46.7 Å². The highest BCUT2D eigenvalue weighted by Crippen LogP contribution is 2.22. The monoisotopic (exact) mass is 511 g/mol. The molecule has 11 nitrogen and oxygen atoms in total. The van der Waals surface area contributed by atoms with E-state index in [-0.39, 0.29) is 23.7 Å². The summed E-state index contributed by atoms with van der Waals surface area (Å²) < 4.78 is 0. The highest BCUT2D eigenvalue weighted by molar-refractivity contribution is 6.07.